The highest BCUT2D eigenvalue weighted by atomic mass is 16.5. The molecule has 1 N–H and O–H groups in total. The summed E-state index contributed by atoms with van der Waals surface area (Å²) in [5.41, 5.74) is 1.40. The van der Waals surface area contributed by atoms with Gasteiger partial charge in [0, 0.05) is 6.42 Å². The number of benzene rings is 1. The van der Waals surface area contributed by atoms with E-state index < -0.39 is 0 Å². The second kappa shape index (κ2) is 2.74. The van der Waals surface area contributed by atoms with Crippen molar-refractivity contribution < 1.29 is 4.74 Å². The summed E-state index contributed by atoms with van der Waals surface area (Å²) in [7, 11) is 0. The quantitative estimate of drug-likeness (QED) is 0.650. The van der Waals surface area contributed by atoms with Gasteiger partial charge >= 0.3 is 0 Å². The standard InChI is InChI=1S/C11H13NO/c1-2-4-10-9(3-1)8-5-6-12-11(7-8)13-10/h1-4,8,11-12H,5-7H2. The summed E-state index contributed by atoms with van der Waals surface area (Å²) in [4.78, 5) is 0. The van der Waals surface area contributed by atoms with Gasteiger partial charge in [-0.15, -0.1) is 0 Å². The lowest BCUT2D eigenvalue weighted by Gasteiger charge is -2.36. The first-order chi connectivity index (χ1) is 6.43. The van der Waals surface area contributed by atoms with Gasteiger partial charge in [0.2, 0.25) is 0 Å². The van der Waals surface area contributed by atoms with Crippen molar-refractivity contribution in [2.24, 2.45) is 0 Å². The Kier molecular flexibility index (Phi) is 1.56. The zero-order chi connectivity index (χ0) is 8.67. The van der Waals surface area contributed by atoms with Crippen molar-refractivity contribution in [1.29, 1.82) is 0 Å². The van der Waals surface area contributed by atoms with Gasteiger partial charge in [-0.2, -0.15) is 0 Å². The summed E-state index contributed by atoms with van der Waals surface area (Å²) in [6.07, 6.45) is 2.64. The molecule has 2 nitrogen and oxygen atoms in total. The predicted molar refractivity (Wildman–Crippen MR) is 50.8 cm³/mol. The number of ether oxygens (including phenoxy) is 1. The van der Waals surface area contributed by atoms with Crippen molar-refractivity contribution in [2.45, 2.75) is 25.0 Å². The molecule has 2 unspecified atom stereocenters. The van der Waals surface area contributed by atoms with Gasteiger partial charge in [-0.3, -0.25) is 5.32 Å². The number of para-hydroxylation sites is 1. The van der Waals surface area contributed by atoms with Crippen LogP contribution in [0.15, 0.2) is 24.3 Å². The molecular formula is C11H13NO. The number of hydrogen-bond donors (Lipinski definition) is 1. The molecule has 0 spiro atoms. The Morgan fingerprint density at radius 3 is 3.23 bits per heavy atom. The van der Waals surface area contributed by atoms with E-state index in [0.717, 1.165) is 24.6 Å². The largest absolute Gasteiger partial charge is 0.475 e. The van der Waals surface area contributed by atoms with Crippen LogP contribution in [0.1, 0.15) is 24.3 Å². The van der Waals surface area contributed by atoms with Crippen LogP contribution in [-0.2, 0) is 0 Å². The van der Waals surface area contributed by atoms with Crippen LogP contribution in [-0.4, -0.2) is 12.8 Å². The summed E-state index contributed by atoms with van der Waals surface area (Å²) in [5, 5.41) is 3.37. The minimum absolute atomic E-state index is 0.258. The van der Waals surface area contributed by atoms with Crippen molar-refractivity contribution >= 4 is 0 Å². The Balaban J connectivity index is 2.06. The van der Waals surface area contributed by atoms with Gasteiger partial charge < -0.3 is 4.74 Å². The maximum absolute atomic E-state index is 5.79. The molecule has 2 bridgehead atoms. The summed E-state index contributed by atoms with van der Waals surface area (Å²) in [6.45, 7) is 1.09. The molecule has 0 radical (unpaired) electrons. The van der Waals surface area contributed by atoms with Crippen molar-refractivity contribution in [3.05, 3.63) is 29.8 Å². The fourth-order valence-corrected chi connectivity index (χ4v) is 2.33. The van der Waals surface area contributed by atoms with Crippen molar-refractivity contribution in [2.75, 3.05) is 6.54 Å². The molecule has 68 valence electrons. The van der Waals surface area contributed by atoms with Gasteiger partial charge in [0.15, 0.2) is 6.23 Å². The van der Waals surface area contributed by atoms with Gasteiger partial charge in [-0.25, -0.2) is 0 Å². The number of rotatable bonds is 0. The molecule has 0 amide bonds. The Hall–Kier alpha value is -1.02. The molecule has 0 aliphatic carbocycles. The fourth-order valence-electron chi connectivity index (χ4n) is 2.33. The molecule has 1 aromatic rings. The van der Waals surface area contributed by atoms with E-state index in [0.29, 0.717) is 0 Å². The summed E-state index contributed by atoms with van der Waals surface area (Å²) < 4.78 is 5.79. The lowest BCUT2D eigenvalue weighted by molar-refractivity contribution is 0.0993. The van der Waals surface area contributed by atoms with Crippen LogP contribution in [0.3, 0.4) is 0 Å². The molecule has 2 heteroatoms. The third-order valence-electron chi connectivity index (χ3n) is 2.99. The predicted octanol–water partition coefficient (Wildman–Crippen LogP) is 1.87. The molecule has 1 aromatic carbocycles. The number of fused-ring (bicyclic) bond motifs is 4. The van der Waals surface area contributed by atoms with Gasteiger partial charge in [0.1, 0.15) is 5.75 Å². The molecule has 13 heavy (non-hydrogen) atoms. The monoisotopic (exact) mass is 175 g/mol. The summed E-state index contributed by atoms with van der Waals surface area (Å²) in [5.74, 6) is 1.80. The Labute approximate surface area is 77.9 Å². The van der Waals surface area contributed by atoms with Crippen molar-refractivity contribution in [3.63, 3.8) is 0 Å². The third kappa shape index (κ3) is 1.13. The topological polar surface area (TPSA) is 21.3 Å². The maximum Gasteiger partial charge on any atom is 0.150 e. The average Bonchev–Trinajstić information content (AvgIpc) is 2.18. The molecule has 1 fully saturated rings. The van der Waals surface area contributed by atoms with E-state index in [1.165, 1.54) is 12.0 Å². The minimum Gasteiger partial charge on any atom is -0.475 e. The first-order valence-electron chi connectivity index (χ1n) is 4.92. The highest BCUT2D eigenvalue weighted by Crippen LogP contribution is 2.38. The lowest BCUT2D eigenvalue weighted by Crippen LogP contribution is -2.44. The number of nitrogens with one attached hydrogen (secondary N) is 1. The molecule has 0 saturated carbocycles. The number of hydrogen-bond acceptors (Lipinski definition) is 2. The lowest BCUT2D eigenvalue weighted by atomic mass is 9.87. The van der Waals surface area contributed by atoms with E-state index in [-0.39, 0.29) is 6.23 Å². The molecule has 2 aliphatic rings. The van der Waals surface area contributed by atoms with Crippen LogP contribution >= 0.6 is 0 Å². The highest BCUT2D eigenvalue weighted by Gasteiger charge is 2.30. The molecule has 2 atom stereocenters. The molecule has 0 aromatic heterocycles. The SMILES string of the molecule is c1ccc2c(c1)OC1CC2CCN1. The van der Waals surface area contributed by atoms with E-state index in [9.17, 15) is 0 Å². The van der Waals surface area contributed by atoms with Crippen LogP contribution in [0.5, 0.6) is 5.75 Å². The van der Waals surface area contributed by atoms with Crippen LogP contribution in [0, 0.1) is 0 Å². The maximum atomic E-state index is 5.79. The highest BCUT2D eigenvalue weighted by molar-refractivity contribution is 5.38. The molecule has 2 aliphatic heterocycles. The fraction of sp³-hybridized carbons (Fsp3) is 0.455. The summed E-state index contributed by atoms with van der Waals surface area (Å²) in [6, 6.07) is 8.41. The molecule has 3 rings (SSSR count). The van der Waals surface area contributed by atoms with Crippen molar-refractivity contribution in [1.82, 2.24) is 5.32 Å². The van der Waals surface area contributed by atoms with E-state index in [4.69, 9.17) is 4.74 Å². The average molecular weight is 175 g/mol. The molecule has 2 heterocycles. The van der Waals surface area contributed by atoms with Crippen LogP contribution in [0.2, 0.25) is 0 Å². The Morgan fingerprint density at radius 2 is 2.23 bits per heavy atom. The van der Waals surface area contributed by atoms with E-state index in [1.807, 2.05) is 6.07 Å². The van der Waals surface area contributed by atoms with Crippen LogP contribution in [0.25, 0.3) is 0 Å². The second-order valence-corrected chi connectivity index (χ2v) is 3.82. The zero-order valence-electron chi connectivity index (χ0n) is 7.49. The van der Waals surface area contributed by atoms with Gasteiger partial charge in [0.25, 0.3) is 0 Å². The first-order valence-corrected chi connectivity index (χ1v) is 4.92. The Morgan fingerprint density at radius 1 is 1.31 bits per heavy atom. The number of piperidine rings is 1. The molecular weight excluding hydrogens is 162 g/mol. The van der Waals surface area contributed by atoms with E-state index >= 15 is 0 Å². The smallest absolute Gasteiger partial charge is 0.150 e. The van der Waals surface area contributed by atoms with E-state index in [2.05, 4.69) is 23.5 Å². The Bertz CT molecular complexity index is 324. The van der Waals surface area contributed by atoms with Crippen molar-refractivity contribution in [3.8, 4) is 5.75 Å². The third-order valence-corrected chi connectivity index (χ3v) is 2.99. The van der Waals surface area contributed by atoms with Gasteiger partial charge in [0.05, 0.1) is 0 Å². The summed E-state index contributed by atoms with van der Waals surface area (Å²) >= 11 is 0. The van der Waals surface area contributed by atoms with Gasteiger partial charge in [-0.1, -0.05) is 18.2 Å². The van der Waals surface area contributed by atoms with Crippen LogP contribution in [0.4, 0.5) is 0 Å². The zero-order valence-corrected chi connectivity index (χ0v) is 7.49. The minimum atomic E-state index is 0.258. The van der Waals surface area contributed by atoms with E-state index in [1.54, 1.807) is 0 Å². The normalized spacial score (nSPS) is 30.5. The van der Waals surface area contributed by atoms with Crippen LogP contribution < -0.4 is 10.1 Å². The molecule has 1 saturated heterocycles. The van der Waals surface area contributed by atoms with Gasteiger partial charge in [-0.05, 0) is 30.5 Å². The second-order valence-electron chi connectivity index (χ2n) is 3.82. The first kappa shape index (κ1) is 7.39.